The van der Waals surface area contributed by atoms with E-state index in [1.807, 2.05) is 12.1 Å². The lowest BCUT2D eigenvalue weighted by molar-refractivity contribution is 0.0601. The van der Waals surface area contributed by atoms with Gasteiger partial charge in [0.25, 0.3) is 0 Å². The van der Waals surface area contributed by atoms with Gasteiger partial charge in [-0.1, -0.05) is 18.2 Å². The van der Waals surface area contributed by atoms with Gasteiger partial charge in [-0.05, 0) is 18.2 Å². The maximum Gasteiger partial charge on any atom is 0.338 e. The third kappa shape index (κ3) is 2.20. The first kappa shape index (κ1) is 11.8. The Morgan fingerprint density at radius 2 is 2.11 bits per heavy atom. The van der Waals surface area contributed by atoms with Crippen molar-refractivity contribution in [3.8, 4) is 17.3 Å². The molecule has 2 rings (SSSR count). The van der Waals surface area contributed by atoms with Crippen molar-refractivity contribution in [2.75, 3.05) is 7.11 Å². The van der Waals surface area contributed by atoms with Crippen molar-refractivity contribution in [3.63, 3.8) is 0 Å². The van der Waals surface area contributed by atoms with E-state index in [2.05, 4.69) is 4.98 Å². The van der Waals surface area contributed by atoms with E-state index in [0.29, 0.717) is 22.4 Å². The fourth-order valence-corrected chi connectivity index (χ4v) is 1.64. The SMILES string of the molecule is COC(=O)c1ccccc1-c1cc(C#N)ccn1. The summed E-state index contributed by atoms with van der Waals surface area (Å²) in [5, 5.41) is 8.86. The molecule has 0 aliphatic rings. The van der Waals surface area contributed by atoms with E-state index in [-0.39, 0.29) is 0 Å². The molecule has 4 nitrogen and oxygen atoms in total. The molecule has 0 bridgehead atoms. The second-order valence-electron chi connectivity index (χ2n) is 3.58. The van der Waals surface area contributed by atoms with Gasteiger partial charge in [0.05, 0.1) is 30.0 Å². The van der Waals surface area contributed by atoms with Gasteiger partial charge >= 0.3 is 5.97 Å². The number of hydrogen-bond acceptors (Lipinski definition) is 4. The second kappa shape index (κ2) is 5.11. The molecule has 2 aromatic rings. The van der Waals surface area contributed by atoms with Crippen LogP contribution in [0.2, 0.25) is 0 Å². The first-order valence-corrected chi connectivity index (χ1v) is 5.30. The molecule has 0 aliphatic carbocycles. The molecule has 0 aliphatic heterocycles. The average molecular weight is 238 g/mol. The summed E-state index contributed by atoms with van der Waals surface area (Å²) in [6.45, 7) is 0. The minimum absolute atomic E-state index is 0.422. The summed E-state index contributed by atoms with van der Waals surface area (Å²) in [5.74, 6) is -0.422. The highest BCUT2D eigenvalue weighted by molar-refractivity contribution is 5.96. The van der Waals surface area contributed by atoms with Crippen LogP contribution >= 0.6 is 0 Å². The first-order valence-electron chi connectivity index (χ1n) is 5.30. The Morgan fingerprint density at radius 1 is 1.33 bits per heavy atom. The summed E-state index contributed by atoms with van der Waals surface area (Å²) < 4.78 is 4.72. The molecule has 0 unspecified atom stereocenters. The van der Waals surface area contributed by atoms with Crippen molar-refractivity contribution >= 4 is 5.97 Å². The van der Waals surface area contributed by atoms with Crippen LogP contribution in [-0.2, 0) is 4.74 Å². The Balaban J connectivity index is 2.57. The molecule has 0 atom stereocenters. The van der Waals surface area contributed by atoms with E-state index in [1.165, 1.54) is 7.11 Å². The van der Waals surface area contributed by atoms with Crippen molar-refractivity contribution in [1.29, 1.82) is 5.26 Å². The number of nitrogens with zero attached hydrogens (tertiary/aromatic N) is 2. The van der Waals surface area contributed by atoms with Gasteiger partial charge in [-0.3, -0.25) is 4.98 Å². The summed E-state index contributed by atoms with van der Waals surface area (Å²) in [5.41, 5.74) is 2.17. The van der Waals surface area contributed by atoms with Crippen LogP contribution in [0.25, 0.3) is 11.3 Å². The number of carbonyl (C=O) groups excluding carboxylic acids is 1. The third-order valence-electron chi connectivity index (χ3n) is 2.50. The highest BCUT2D eigenvalue weighted by atomic mass is 16.5. The standard InChI is InChI=1S/C14H10N2O2/c1-18-14(17)12-5-3-2-4-11(12)13-8-10(9-15)6-7-16-13/h2-8H,1H3. The maximum atomic E-state index is 11.6. The number of esters is 1. The van der Waals surface area contributed by atoms with Crippen molar-refractivity contribution in [2.24, 2.45) is 0 Å². The zero-order valence-corrected chi connectivity index (χ0v) is 9.75. The molecule has 0 N–H and O–H groups in total. The number of hydrogen-bond donors (Lipinski definition) is 0. The van der Waals surface area contributed by atoms with Crippen molar-refractivity contribution < 1.29 is 9.53 Å². The van der Waals surface area contributed by atoms with Gasteiger partial charge in [-0.25, -0.2) is 4.79 Å². The number of aromatic nitrogens is 1. The van der Waals surface area contributed by atoms with E-state index in [4.69, 9.17) is 10.00 Å². The lowest BCUT2D eigenvalue weighted by atomic mass is 10.0. The Kier molecular flexibility index (Phi) is 3.35. The first-order chi connectivity index (χ1) is 8.76. The fraction of sp³-hybridized carbons (Fsp3) is 0.0714. The molecular weight excluding hydrogens is 228 g/mol. The number of carbonyl (C=O) groups is 1. The van der Waals surface area contributed by atoms with Crippen molar-refractivity contribution in [1.82, 2.24) is 4.98 Å². The van der Waals surface area contributed by atoms with Gasteiger partial charge in [-0.15, -0.1) is 0 Å². The van der Waals surface area contributed by atoms with Crippen LogP contribution < -0.4 is 0 Å². The van der Waals surface area contributed by atoms with Gasteiger partial charge in [0, 0.05) is 11.8 Å². The summed E-state index contributed by atoms with van der Waals surface area (Å²) in [6, 6.07) is 12.3. The topological polar surface area (TPSA) is 63.0 Å². The van der Waals surface area contributed by atoms with Crippen LogP contribution in [0.5, 0.6) is 0 Å². The van der Waals surface area contributed by atoms with Gasteiger partial charge < -0.3 is 4.74 Å². The van der Waals surface area contributed by atoms with Crippen LogP contribution in [0.3, 0.4) is 0 Å². The number of nitriles is 1. The maximum absolute atomic E-state index is 11.6. The highest BCUT2D eigenvalue weighted by Crippen LogP contribution is 2.22. The van der Waals surface area contributed by atoms with Gasteiger partial charge in [-0.2, -0.15) is 5.26 Å². The number of benzene rings is 1. The molecule has 0 radical (unpaired) electrons. The van der Waals surface area contributed by atoms with E-state index in [0.717, 1.165) is 0 Å². The Bertz CT molecular complexity index is 630. The molecule has 0 amide bonds. The Hall–Kier alpha value is -2.67. The number of rotatable bonds is 2. The number of ether oxygens (including phenoxy) is 1. The molecule has 0 spiro atoms. The van der Waals surface area contributed by atoms with Gasteiger partial charge in [0.2, 0.25) is 0 Å². The lowest BCUT2D eigenvalue weighted by Gasteiger charge is -2.07. The van der Waals surface area contributed by atoms with E-state index in [9.17, 15) is 4.79 Å². The molecule has 88 valence electrons. The van der Waals surface area contributed by atoms with Gasteiger partial charge in [0.15, 0.2) is 0 Å². The molecule has 0 fully saturated rings. The highest BCUT2D eigenvalue weighted by Gasteiger charge is 2.13. The smallest absolute Gasteiger partial charge is 0.338 e. The molecule has 18 heavy (non-hydrogen) atoms. The largest absolute Gasteiger partial charge is 0.465 e. The van der Waals surface area contributed by atoms with Crippen LogP contribution in [0.15, 0.2) is 42.6 Å². The number of pyridine rings is 1. The van der Waals surface area contributed by atoms with Crippen LogP contribution in [0.4, 0.5) is 0 Å². The Labute approximate surface area is 104 Å². The lowest BCUT2D eigenvalue weighted by Crippen LogP contribution is -2.03. The van der Waals surface area contributed by atoms with Crippen LogP contribution in [0.1, 0.15) is 15.9 Å². The summed E-state index contributed by atoms with van der Waals surface area (Å²) in [4.78, 5) is 15.8. The minimum atomic E-state index is -0.422. The zero-order valence-electron chi connectivity index (χ0n) is 9.75. The molecule has 1 aromatic carbocycles. The second-order valence-corrected chi connectivity index (χ2v) is 3.58. The summed E-state index contributed by atoms with van der Waals surface area (Å²) in [6.07, 6.45) is 1.54. The normalized spacial score (nSPS) is 9.56. The van der Waals surface area contributed by atoms with Crippen LogP contribution in [0, 0.1) is 11.3 Å². The Morgan fingerprint density at radius 3 is 2.83 bits per heavy atom. The predicted molar refractivity (Wildman–Crippen MR) is 65.7 cm³/mol. The zero-order chi connectivity index (χ0) is 13.0. The number of methoxy groups -OCH3 is 1. The molecule has 0 saturated heterocycles. The molecular formula is C14H10N2O2. The monoisotopic (exact) mass is 238 g/mol. The third-order valence-corrected chi connectivity index (χ3v) is 2.50. The molecule has 1 heterocycles. The van der Waals surface area contributed by atoms with E-state index >= 15 is 0 Å². The van der Waals surface area contributed by atoms with E-state index < -0.39 is 5.97 Å². The summed E-state index contributed by atoms with van der Waals surface area (Å²) >= 11 is 0. The van der Waals surface area contributed by atoms with E-state index in [1.54, 1.807) is 36.5 Å². The summed E-state index contributed by atoms with van der Waals surface area (Å²) in [7, 11) is 1.33. The molecule has 4 heteroatoms. The molecule has 0 saturated carbocycles. The van der Waals surface area contributed by atoms with Crippen LogP contribution in [-0.4, -0.2) is 18.1 Å². The van der Waals surface area contributed by atoms with Gasteiger partial charge in [0.1, 0.15) is 0 Å². The molecule has 1 aromatic heterocycles. The predicted octanol–water partition coefficient (Wildman–Crippen LogP) is 2.41. The average Bonchev–Trinajstić information content (AvgIpc) is 2.46. The fourth-order valence-electron chi connectivity index (χ4n) is 1.64. The minimum Gasteiger partial charge on any atom is -0.465 e. The van der Waals surface area contributed by atoms with Crippen molar-refractivity contribution in [2.45, 2.75) is 0 Å². The van der Waals surface area contributed by atoms with Crippen molar-refractivity contribution in [3.05, 3.63) is 53.7 Å². The quantitative estimate of drug-likeness (QED) is 0.753.